The topological polar surface area (TPSA) is 29.5 Å². The Bertz CT molecular complexity index is 1460. The first-order chi connectivity index (χ1) is 16.5. The van der Waals surface area contributed by atoms with E-state index in [1.165, 1.54) is 34.9 Å². The molecular weight excluding hydrogens is 489 g/mol. The van der Waals surface area contributed by atoms with Crippen molar-refractivity contribution in [1.82, 2.24) is 0 Å². The second-order valence-electron chi connectivity index (χ2n) is 7.59. The molecule has 0 bridgehead atoms. The lowest BCUT2D eigenvalue weighted by molar-refractivity contribution is -0.113. The molecule has 4 aromatic carbocycles. The number of carbonyl (C=O) groups is 1. The Morgan fingerprint density at radius 2 is 1.76 bits per heavy atom. The van der Waals surface area contributed by atoms with Crippen molar-refractivity contribution in [2.75, 3.05) is 4.90 Å². The monoisotopic (exact) mass is 505 g/mol. The molecule has 34 heavy (non-hydrogen) atoms. The van der Waals surface area contributed by atoms with Crippen LogP contribution in [-0.4, -0.2) is 10.2 Å². The highest BCUT2D eigenvalue weighted by molar-refractivity contribution is 8.27. The van der Waals surface area contributed by atoms with E-state index in [9.17, 15) is 9.18 Å². The fourth-order valence-electron chi connectivity index (χ4n) is 3.73. The SMILES string of the molecule is O=C1/C(=C\c2c(OCc3ccccc3)ccc3ccccc23)SC(=S)N1c1ccc(F)c(Cl)c1. The largest absolute Gasteiger partial charge is 0.488 e. The lowest BCUT2D eigenvalue weighted by atomic mass is 10.0. The summed E-state index contributed by atoms with van der Waals surface area (Å²) in [6, 6.07) is 25.8. The van der Waals surface area contributed by atoms with E-state index in [1.807, 2.05) is 72.8 Å². The maximum atomic E-state index is 13.6. The molecule has 0 spiro atoms. The molecule has 1 amide bonds. The molecule has 1 fully saturated rings. The van der Waals surface area contributed by atoms with E-state index >= 15 is 0 Å². The quantitative estimate of drug-likeness (QED) is 0.206. The van der Waals surface area contributed by atoms with Crippen LogP contribution < -0.4 is 9.64 Å². The first kappa shape index (κ1) is 22.6. The van der Waals surface area contributed by atoms with E-state index in [2.05, 4.69) is 0 Å². The summed E-state index contributed by atoms with van der Waals surface area (Å²) >= 11 is 12.6. The van der Waals surface area contributed by atoms with Gasteiger partial charge in [0, 0.05) is 5.56 Å². The molecule has 0 radical (unpaired) electrons. The maximum Gasteiger partial charge on any atom is 0.270 e. The highest BCUT2D eigenvalue weighted by Crippen LogP contribution is 2.39. The number of amides is 1. The van der Waals surface area contributed by atoms with Crippen molar-refractivity contribution >= 4 is 68.3 Å². The number of nitrogens with zero attached hydrogens (tertiary/aromatic N) is 1. The normalized spacial score (nSPS) is 14.9. The Kier molecular flexibility index (Phi) is 6.37. The zero-order valence-corrected chi connectivity index (χ0v) is 20.1. The number of rotatable bonds is 5. The van der Waals surface area contributed by atoms with Crippen LogP contribution in [0.4, 0.5) is 10.1 Å². The molecule has 1 aliphatic heterocycles. The molecule has 4 aromatic rings. The van der Waals surface area contributed by atoms with Gasteiger partial charge in [-0.2, -0.15) is 0 Å². The van der Waals surface area contributed by atoms with Gasteiger partial charge in [-0.25, -0.2) is 4.39 Å². The highest BCUT2D eigenvalue weighted by Gasteiger charge is 2.34. The van der Waals surface area contributed by atoms with E-state index in [1.54, 1.807) is 0 Å². The predicted octanol–water partition coefficient (Wildman–Crippen LogP) is 7.62. The Labute approximate surface area is 210 Å². The molecular formula is C27H17ClFNO2S2. The lowest BCUT2D eigenvalue weighted by Gasteiger charge is -2.15. The van der Waals surface area contributed by atoms with E-state index in [-0.39, 0.29) is 10.9 Å². The Balaban J connectivity index is 1.54. The number of hydrogen-bond acceptors (Lipinski definition) is 4. The molecule has 0 N–H and O–H groups in total. The maximum absolute atomic E-state index is 13.6. The summed E-state index contributed by atoms with van der Waals surface area (Å²) in [5, 5.41) is 1.92. The number of fused-ring (bicyclic) bond motifs is 1. The third-order valence-corrected chi connectivity index (χ3v) is 6.99. The van der Waals surface area contributed by atoms with Gasteiger partial charge in [0.25, 0.3) is 5.91 Å². The highest BCUT2D eigenvalue weighted by atomic mass is 35.5. The molecule has 1 saturated heterocycles. The average Bonchev–Trinajstić information content (AvgIpc) is 3.13. The van der Waals surface area contributed by atoms with Crippen LogP contribution in [0.1, 0.15) is 11.1 Å². The lowest BCUT2D eigenvalue weighted by Crippen LogP contribution is -2.27. The summed E-state index contributed by atoms with van der Waals surface area (Å²) in [7, 11) is 0. The Morgan fingerprint density at radius 1 is 1.00 bits per heavy atom. The summed E-state index contributed by atoms with van der Waals surface area (Å²) in [5.41, 5.74) is 2.27. The smallest absolute Gasteiger partial charge is 0.270 e. The van der Waals surface area contributed by atoms with Crippen molar-refractivity contribution in [2.24, 2.45) is 0 Å². The van der Waals surface area contributed by atoms with Gasteiger partial charge in [0.15, 0.2) is 4.32 Å². The predicted molar refractivity (Wildman–Crippen MR) is 142 cm³/mol. The molecule has 1 heterocycles. The van der Waals surface area contributed by atoms with Gasteiger partial charge in [0.1, 0.15) is 18.2 Å². The fraction of sp³-hybridized carbons (Fsp3) is 0.0370. The molecule has 0 aliphatic carbocycles. The van der Waals surface area contributed by atoms with Gasteiger partial charge in [-0.05, 0) is 46.7 Å². The molecule has 0 aromatic heterocycles. The van der Waals surface area contributed by atoms with Crippen LogP contribution in [0.3, 0.4) is 0 Å². The van der Waals surface area contributed by atoms with Crippen LogP contribution >= 0.6 is 35.6 Å². The van der Waals surface area contributed by atoms with Crippen LogP contribution in [0.5, 0.6) is 5.75 Å². The van der Waals surface area contributed by atoms with Crippen molar-refractivity contribution in [3.05, 3.63) is 112 Å². The van der Waals surface area contributed by atoms with Gasteiger partial charge >= 0.3 is 0 Å². The van der Waals surface area contributed by atoms with Gasteiger partial charge in [0.05, 0.1) is 15.6 Å². The van der Waals surface area contributed by atoms with Gasteiger partial charge in [-0.3, -0.25) is 9.69 Å². The molecule has 1 aliphatic rings. The van der Waals surface area contributed by atoms with E-state index < -0.39 is 5.82 Å². The number of anilines is 1. The van der Waals surface area contributed by atoms with Gasteiger partial charge < -0.3 is 4.74 Å². The molecule has 0 atom stereocenters. The van der Waals surface area contributed by atoms with Gasteiger partial charge in [0.2, 0.25) is 0 Å². The van der Waals surface area contributed by atoms with E-state index in [0.717, 1.165) is 21.9 Å². The van der Waals surface area contributed by atoms with Crippen molar-refractivity contribution < 1.29 is 13.9 Å². The molecule has 7 heteroatoms. The fourth-order valence-corrected chi connectivity index (χ4v) is 5.19. The molecule has 0 unspecified atom stereocenters. The number of thiocarbonyl (C=S) groups is 1. The second-order valence-corrected chi connectivity index (χ2v) is 9.67. The van der Waals surface area contributed by atoms with Crippen molar-refractivity contribution in [3.8, 4) is 5.75 Å². The first-order valence-corrected chi connectivity index (χ1v) is 12.0. The minimum atomic E-state index is -0.553. The summed E-state index contributed by atoms with van der Waals surface area (Å²) < 4.78 is 20.2. The standard InChI is InChI=1S/C27H17ClFNO2S2/c28-22-14-19(11-12-23(22)29)30-26(31)25(34-27(30)33)15-21-20-9-5-4-8-18(20)10-13-24(21)32-16-17-6-2-1-3-7-17/h1-15H,16H2/b25-15+. The number of thioether (sulfide) groups is 1. The van der Waals surface area contributed by atoms with E-state index in [0.29, 0.717) is 27.3 Å². The minimum absolute atomic E-state index is 0.0684. The number of benzene rings is 4. The Hall–Kier alpha value is -3.19. The van der Waals surface area contributed by atoms with Crippen LogP contribution in [0, 0.1) is 5.82 Å². The minimum Gasteiger partial charge on any atom is -0.488 e. The van der Waals surface area contributed by atoms with Crippen LogP contribution in [-0.2, 0) is 11.4 Å². The van der Waals surface area contributed by atoms with Gasteiger partial charge in [-0.15, -0.1) is 0 Å². The zero-order chi connectivity index (χ0) is 23.7. The second kappa shape index (κ2) is 9.58. The molecule has 3 nitrogen and oxygen atoms in total. The zero-order valence-electron chi connectivity index (χ0n) is 17.7. The third kappa shape index (κ3) is 4.44. The van der Waals surface area contributed by atoms with Crippen LogP contribution in [0.2, 0.25) is 5.02 Å². The van der Waals surface area contributed by atoms with Crippen molar-refractivity contribution in [2.45, 2.75) is 6.61 Å². The van der Waals surface area contributed by atoms with E-state index in [4.69, 9.17) is 28.6 Å². The molecule has 168 valence electrons. The molecule has 0 saturated carbocycles. The number of carbonyl (C=O) groups excluding carboxylic acids is 1. The molecule has 5 rings (SSSR count). The van der Waals surface area contributed by atoms with Gasteiger partial charge in [-0.1, -0.05) is 96.2 Å². The summed E-state index contributed by atoms with van der Waals surface area (Å²) in [5.74, 6) is -0.181. The van der Waals surface area contributed by atoms with Crippen molar-refractivity contribution in [3.63, 3.8) is 0 Å². The first-order valence-electron chi connectivity index (χ1n) is 10.4. The summed E-state index contributed by atoms with van der Waals surface area (Å²) in [4.78, 5) is 15.1. The number of hydrogen-bond donors (Lipinski definition) is 0. The summed E-state index contributed by atoms with van der Waals surface area (Å²) in [6.45, 7) is 0.398. The van der Waals surface area contributed by atoms with Crippen molar-refractivity contribution in [1.29, 1.82) is 0 Å². The Morgan fingerprint density at radius 3 is 2.56 bits per heavy atom. The number of halogens is 2. The summed E-state index contributed by atoms with van der Waals surface area (Å²) in [6.07, 6.45) is 1.81. The third-order valence-electron chi connectivity index (χ3n) is 5.40. The average molecular weight is 506 g/mol. The number of ether oxygens (including phenoxy) is 1. The van der Waals surface area contributed by atoms with Crippen LogP contribution in [0.25, 0.3) is 16.8 Å². The van der Waals surface area contributed by atoms with Crippen LogP contribution in [0.15, 0.2) is 89.8 Å².